The maximum atomic E-state index is 13.5. The number of anilines is 2. The van der Waals surface area contributed by atoms with Crippen molar-refractivity contribution in [1.29, 1.82) is 5.26 Å². The van der Waals surface area contributed by atoms with Gasteiger partial charge in [-0.3, -0.25) is 4.79 Å². The summed E-state index contributed by atoms with van der Waals surface area (Å²) in [6.07, 6.45) is 0.569. The second-order valence-electron chi connectivity index (χ2n) is 4.82. The summed E-state index contributed by atoms with van der Waals surface area (Å²) in [4.78, 5) is 12.3. The van der Waals surface area contributed by atoms with Gasteiger partial charge in [0.05, 0.1) is 5.69 Å². The molecule has 2 N–H and O–H groups in total. The van der Waals surface area contributed by atoms with E-state index in [2.05, 4.69) is 10.6 Å². The predicted octanol–water partition coefficient (Wildman–Crippen LogP) is 2.67. The zero-order chi connectivity index (χ0) is 14.8. The topological polar surface area (TPSA) is 64.9 Å². The van der Waals surface area contributed by atoms with Crippen LogP contribution in [0.5, 0.6) is 0 Å². The van der Waals surface area contributed by atoms with Crippen LogP contribution >= 0.6 is 0 Å². The number of hydrogen-bond acceptors (Lipinski definition) is 3. The highest BCUT2D eigenvalue weighted by atomic mass is 19.1. The summed E-state index contributed by atoms with van der Waals surface area (Å²) in [5.41, 5.74) is 2.04. The molecule has 0 fully saturated rings. The van der Waals surface area contributed by atoms with E-state index >= 15 is 0 Å². The van der Waals surface area contributed by atoms with Crippen molar-refractivity contribution >= 4 is 17.3 Å². The van der Waals surface area contributed by atoms with Crippen LogP contribution in [-0.2, 0) is 11.2 Å². The second kappa shape index (κ2) is 5.25. The first-order valence-corrected chi connectivity index (χ1v) is 6.53. The molecule has 1 amide bonds. The molecule has 104 valence electrons. The lowest BCUT2D eigenvalue weighted by molar-refractivity contribution is -0.116. The number of para-hydroxylation sites is 1. The SMILES string of the molecule is N#Cc1c(F)cccc1NC(=O)C1Cc2ccccc2N1. The molecular formula is C16H12FN3O. The number of carbonyl (C=O) groups is 1. The van der Waals surface area contributed by atoms with E-state index in [-0.39, 0.29) is 17.2 Å². The van der Waals surface area contributed by atoms with Crippen LogP contribution in [0.3, 0.4) is 0 Å². The van der Waals surface area contributed by atoms with Gasteiger partial charge in [0, 0.05) is 12.1 Å². The van der Waals surface area contributed by atoms with Gasteiger partial charge in [-0.1, -0.05) is 24.3 Å². The summed E-state index contributed by atoms with van der Waals surface area (Å²) in [5, 5.41) is 14.7. The van der Waals surface area contributed by atoms with E-state index in [0.717, 1.165) is 11.3 Å². The third-order valence-corrected chi connectivity index (χ3v) is 3.47. The van der Waals surface area contributed by atoms with Crippen LogP contribution in [0.15, 0.2) is 42.5 Å². The van der Waals surface area contributed by atoms with Gasteiger partial charge in [-0.05, 0) is 23.8 Å². The predicted molar refractivity (Wildman–Crippen MR) is 77.3 cm³/mol. The molecule has 0 aromatic heterocycles. The molecule has 1 atom stereocenters. The van der Waals surface area contributed by atoms with Gasteiger partial charge in [0.15, 0.2) is 0 Å². The van der Waals surface area contributed by atoms with Crippen molar-refractivity contribution in [2.24, 2.45) is 0 Å². The summed E-state index contributed by atoms with van der Waals surface area (Å²) in [5.74, 6) is -0.925. The molecule has 0 bridgehead atoms. The Labute approximate surface area is 121 Å². The van der Waals surface area contributed by atoms with Crippen molar-refractivity contribution in [2.45, 2.75) is 12.5 Å². The van der Waals surface area contributed by atoms with Gasteiger partial charge in [-0.2, -0.15) is 5.26 Å². The first-order valence-electron chi connectivity index (χ1n) is 6.53. The minimum Gasteiger partial charge on any atom is -0.373 e. The minimum absolute atomic E-state index is 0.152. The minimum atomic E-state index is -0.641. The lowest BCUT2D eigenvalue weighted by Gasteiger charge is -2.13. The average Bonchev–Trinajstić information content (AvgIpc) is 2.91. The van der Waals surface area contributed by atoms with E-state index in [4.69, 9.17) is 5.26 Å². The normalized spacial score (nSPS) is 15.7. The molecule has 2 aromatic rings. The molecule has 0 saturated heterocycles. The Morgan fingerprint density at radius 1 is 1.29 bits per heavy atom. The third kappa shape index (κ3) is 2.43. The molecule has 4 nitrogen and oxygen atoms in total. The second-order valence-corrected chi connectivity index (χ2v) is 4.82. The van der Waals surface area contributed by atoms with Crippen LogP contribution in [0.1, 0.15) is 11.1 Å². The van der Waals surface area contributed by atoms with Crippen LogP contribution in [-0.4, -0.2) is 11.9 Å². The molecule has 5 heteroatoms. The molecule has 0 radical (unpaired) electrons. The number of nitriles is 1. The Morgan fingerprint density at radius 3 is 2.86 bits per heavy atom. The Bertz CT molecular complexity index is 726. The number of hydrogen-bond donors (Lipinski definition) is 2. The van der Waals surface area contributed by atoms with Crippen molar-refractivity contribution in [1.82, 2.24) is 0 Å². The fourth-order valence-corrected chi connectivity index (χ4v) is 2.42. The fourth-order valence-electron chi connectivity index (χ4n) is 2.42. The number of carbonyl (C=O) groups excluding carboxylic acids is 1. The number of benzene rings is 2. The Hall–Kier alpha value is -2.87. The molecular weight excluding hydrogens is 269 g/mol. The van der Waals surface area contributed by atoms with Gasteiger partial charge in [-0.25, -0.2) is 4.39 Å². The van der Waals surface area contributed by atoms with E-state index in [1.807, 2.05) is 24.3 Å². The molecule has 0 spiro atoms. The highest BCUT2D eigenvalue weighted by molar-refractivity contribution is 5.98. The Kier molecular flexibility index (Phi) is 3.28. The summed E-state index contributed by atoms with van der Waals surface area (Å²) in [6.45, 7) is 0. The summed E-state index contributed by atoms with van der Waals surface area (Å²) < 4.78 is 13.5. The summed E-state index contributed by atoms with van der Waals surface area (Å²) in [6, 6.07) is 13.2. The van der Waals surface area contributed by atoms with E-state index in [0.29, 0.717) is 6.42 Å². The number of fused-ring (bicyclic) bond motifs is 1. The lowest BCUT2D eigenvalue weighted by Crippen LogP contribution is -2.33. The first-order chi connectivity index (χ1) is 10.2. The van der Waals surface area contributed by atoms with E-state index < -0.39 is 11.9 Å². The molecule has 1 heterocycles. The monoisotopic (exact) mass is 281 g/mol. The molecule has 0 saturated carbocycles. The molecule has 1 aliphatic heterocycles. The Balaban J connectivity index is 1.78. The maximum Gasteiger partial charge on any atom is 0.247 e. The van der Waals surface area contributed by atoms with E-state index in [1.54, 1.807) is 6.07 Å². The zero-order valence-electron chi connectivity index (χ0n) is 11.1. The van der Waals surface area contributed by atoms with Crippen LogP contribution < -0.4 is 10.6 Å². The Morgan fingerprint density at radius 2 is 2.10 bits per heavy atom. The van der Waals surface area contributed by atoms with Gasteiger partial charge < -0.3 is 10.6 Å². The molecule has 1 aliphatic rings. The number of rotatable bonds is 2. The van der Waals surface area contributed by atoms with Gasteiger partial charge in [-0.15, -0.1) is 0 Å². The standard InChI is InChI=1S/C16H12FN3O/c17-12-5-3-7-14(11(12)9-18)20-16(21)15-8-10-4-1-2-6-13(10)19-15/h1-7,15,19H,8H2,(H,20,21). The van der Waals surface area contributed by atoms with E-state index in [9.17, 15) is 9.18 Å². The fraction of sp³-hybridized carbons (Fsp3) is 0.125. The van der Waals surface area contributed by atoms with Crippen LogP contribution in [0, 0.1) is 17.1 Å². The van der Waals surface area contributed by atoms with Crippen molar-refractivity contribution in [2.75, 3.05) is 10.6 Å². The van der Waals surface area contributed by atoms with Gasteiger partial charge >= 0.3 is 0 Å². The van der Waals surface area contributed by atoms with Gasteiger partial charge in [0.1, 0.15) is 23.5 Å². The lowest BCUT2D eigenvalue weighted by atomic mass is 10.1. The number of halogens is 1. The average molecular weight is 281 g/mol. The number of amides is 1. The third-order valence-electron chi connectivity index (χ3n) is 3.47. The molecule has 21 heavy (non-hydrogen) atoms. The van der Waals surface area contributed by atoms with Gasteiger partial charge in [0.25, 0.3) is 0 Å². The number of nitrogens with zero attached hydrogens (tertiary/aromatic N) is 1. The quantitative estimate of drug-likeness (QED) is 0.889. The van der Waals surface area contributed by atoms with Gasteiger partial charge in [0.2, 0.25) is 5.91 Å². The van der Waals surface area contributed by atoms with Crippen molar-refractivity contribution < 1.29 is 9.18 Å². The van der Waals surface area contributed by atoms with Crippen LogP contribution in [0.2, 0.25) is 0 Å². The highest BCUT2D eigenvalue weighted by Crippen LogP contribution is 2.26. The van der Waals surface area contributed by atoms with Crippen molar-refractivity contribution in [3.05, 3.63) is 59.4 Å². The van der Waals surface area contributed by atoms with Crippen molar-refractivity contribution in [3.63, 3.8) is 0 Å². The first kappa shape index (κ1) is 13.1. The molecule has 2 aromatic carbocycles. The maximum absolute atomic E-state index is 13.5. The molecule has 0 aliphatic carbocycles. The highest BCUT2D eigenvalue weighted by Gasteiger charge is 2.26. The van der Waals surface area contributed by atoms with Crippen molar-refractivity contribution in [3.8, 4) is 6.07 Å². The largest absolute Gasteiger partial charge is 0.373 e. The molecule has 1 unspecified atom stereocenters. The zero-order valence-corrected chi connectivity index (χ0v) is 11.1. The summed E-state index contributed by atoms with van der Waals surface area (Å²) >= 11 is 0. The molecule has 3 rings (SSSR count). The van der Waals surface area contributed by atoms with Crippen LogP contribution in [0.4, 0.5) is 15.8 Å². The smallest absolute Gasteiger partial charge is 0.247 e. The summed E-state index contributed by atoms with van der Waals surface area (Å²) in [7, 11) is 0. The van der Waals surface area contributed by atoms with E-state index in [1.165, 1.54) is 18.2 Å². The number of nitrogens with one attached hydrogen (secondary N) is 2. The van der Waals surface area contributed by atoms with Crippen LogP contribution in [0.25, 0.3) is 0 Å².